The summed E-state index contributed by atoms with van der Waals surface area (Å²) in [7, 11) is 3.54. The highest BCUT2D eigenvalue weighted by Crippen LogP contribution is 2.29. The van der Waals surface area contributed by atoms with Crippen LogP contribution in [0.3, 0.4) is 0 Å². The maximum atomic E-state index is 12.5. The molecule has 1 heterocycles. The van der Waals surface area contributed by atoms with Gasteiger partial charge < -0.3 is 19.5 Å². The van der Waals surface area contributed by atoms with Crippen LogP contribution in [0.5, 0.6) is 5.75 Å². The van der Waals surface area contributed by atoms with Crippen LogP contribution in [0.2, 0.25) is 0 Å². The average Bonchev–Trinajstić information content (AvgIpc) is 2.99. The van der Waals surface area contributed by atoms with Crippen LogP contribution in [-0.4, -0.2) is 40.7 Å². The number of ether oxygens (including phenoxy) is 1. The van der Waals surface area contributed by atoms with E-state index in [1.807, 2.05) is 55.9 Å². The molecular formula is C17H24N4O2. The van der Waals surface area contributed by atoms with E-state index < -0.39 is 0 Å². The van der Waals surface area contributed by atoms with Crippen LogP contribution < -0.4 is 10.1 Å². The Morgan fingerprint density at radius 3 is 2.61 bits per heavy atom. The number of amides is 2. The zero-order valence-corrected chi connectivity index (χ0v) is 14.1. The molecule has 0 radical (unpaired) electrons. The van der Waals surface area contributed by atoms with Gasteiger partial charge in [0.2, 0.25) is 0 Å². The van der Waals surface area contributed by atoms with Crippen LogP contribution in [0, 0.1) is 0 Å². The van der Waals surface area contributed by atoms with Crippen molar-refractivity contribution in [2.75, 3.05) is 20.2 Å². The number of aromatic nitrogens is 2. The fraction of sp³-hybridized carbons (Fsp3) is 0.412. The Morgan fingerprint density at radius 2 is 2.04 bits per heavy atom. The SMILES string of the molecule is CCN(CC)C(=O)N[C@H](c1ccccc1OC)c1nccn1C. The van der Waals surface area contributed by atoms with E-state index in [9.17, 15) is 4.79 Å². The minimum absolute atomic E-state index is 0.117. The normalized spacial score (nSPS) is 11.8. The van der Waals surface area contributed by atoms with Gasteiger partial charge in [0.05, 0.1) is 7.11 Å². The second-order valence-corrected chi connectivity index (χ2v) is 5.19. The summed E-state index contributed by atoms with van der Waals surface area (Å²) in [6.45, 7) is 5.23. The lowest BCUT2D eigenvalue weighted by atomic mass is 10.0. The quantitative estimate of drug-likeness (QED) is 0.891. The van der Waals surface area contributed by atoms with Crippen LogP contribution in [0.15, 0.2) is 36.7 Å². The Hall–Kier alpha value is -2.50. The topological polar surface area (TPSA) is 59.4 Å². The van der Waals surface area contributed by atoms with Gasteiger partial charge in [0.15, 0.2) is 0 Å². The van der Waals surface area contributed by atoms with E-state index in [1.54, 1.807) is 18.2 Å². The molecule has 23 heavy (non-hydrogen) atoms. The Bertz CT molecular complexity index is 650. The molecule has 0 aliphatic carbocycles. The van der Waals surface area contributed by atoms with Gasteiger partial charge in [-0.05, 0) is 19.9 Å². The third-order valence-corrected chi connectivity index (χ3v) is 3.89. The van der Waals surface area contributed by atoms with Gasteiger partial charge in [0, 0.05) is 38.1 Å². The number of nitrogens with one attached hydrogen (secondary N) is 1. The fourth-order valence-electron chi connectivity index (χ4n) is 2.57. The van der Waals surface area contributed by atoms with Crippen molar-refractivity contribution in [2.24, 2.45) is 7.05 Å². The number of hydrogen-bond donors (Lipinski definition) is 1. The highest BCUT2D eigenvalue weighted by molar-refractivity contribution is 5.75. The molecule has 0 spiro atoms. The van der Waals surface area contributed by atoms with Crippen molar-refractivity contribution in [1.82, 2.24) is 19.8 Å². The van der Waals surface area contributed by atoms with Crippen LogP contribution in [-0.2, 0) is 7.05 Å². The molecule has 2 aromatic rings. The third kappa shape index (κ3) is 3.64. The van der Waals surface area contributed by atoms with Gasteiger partial charge in [-0.25, -0.2) is 9.78 Å². The molecule has 1 atom stereocenters. The molecule has 0 unspecified atom stereocenters. The average molecular weight is 316 g/mol. The first kappa shape index (κ1) is 16.9. The minimum Gasteiger partial charge on any atom is -0.496 e. The van der Waals surface area contributed by atoms with Gasteiger partial charge in [-0.2, -0.15) is 0 Å². The van der Waals surface area contributed by atoms with Crippen molar-refractivity contribution < 1.29 is 9.53 Å². The van der Waals surface area contributed by atoms with E-state index in [1.165, 1.54) is 0 Å². The van der Waals surface area contributed by atoms with E-state index in [0.717, 1.165) is 17.1 Å². The Kier molecular flexibility index (Phi) is 5.62. The van der Waals surface area contributed by atoms with Crippen LogP contribution in [0.1, 0.15) is 31.3 Å². The van der Waals surface area contributed by atoms with Crippen molar-refractivity contribution in [3.8, 4) is 5.75 Å². The lowest BCUT2D eigenvalue weighted by molar-refractivity contribution is 0.200. The molecule has 2 amide bonds. The van der Waals surface area contributed by atoms with Crippen molar-refractivity contribution in [3.63, 3.8) is 0 Å². The van der Waals surface area contributed by atoms with Crippen LogP contribution in [0.4, 0.5) is 4.79 Å². The molecule has 0 aliphatic heterocycles. The second kappa shape index (κ2) is 7.67. The van der Waals surface area contributed by atoms with Crippen molar-refractivity contribution in [2.45, 2.75) is 19.9 Å². The Labute approximate surface area is 137 Å². The fourth-order valence-corrected chi connectivity index (χ4v) is 2.57. The van der Waals surface area contributed by atoms with E-state index in [-0.39, 0.29) is 12.1 Å². The molecule has 0 bridgehead atoms. The number of carbonyl (C=O) groups is 1. The Morgan fingerprint density at radius 1 is 1.35 bits per heavy atom. The number of nitrogens with zero attached hydrogens (tertiary/aromatic N) is 3. The molecule has 6 nitrogen and oxygen atoms in total. The van der Waals surface area contributed by atoms with E-state index >= 15 is 0 Å². The molecule has 1 aromatic heterocycles. The minimum atomic E-state index is -0.376. The molecule has 6 heteroatoms. The van der Waals surface area contributed by atoms with Gasteiger partial charge in [0.1, 0.15) is 17.6 Å². The molecule has 0 saturated heterocycles. The monoisotopic (exact) mass is 316 g/mol. The van der Waals surface area contributed by atoms with E-state index in [4.69, 9.17) is 4.74 Å². The Balaban J connectivity index is 2.41. The summed E-state index contributed by atoms with van der Waals surface area (Å²) >= 11 is 0. The third-order valence-electron chi connectivity index (χ3n) is 3.89. The zero-order chi connectivity index (χ0) is 16.8. The standard InChI is InChI=1S/C17H24N4O2/c1-5-21(6-2)17(22)19-15(16-18-11-12-20(16)3)13-9-7-8-10-14(13)23-4/h7-12,15H,5-6H2,1-4H3,(H,19,22)/t15-/m1/s1. The molecule has 0 saturated carbocycles. The molecule has 0 aliphatic rings. The first-order chi connectivity index (χ1) is 11.1. The van der Waals surface area contributed by atoms with Gasteiger partial charge >= 0.3 is 6.03 Å². The maximum Gasteiger partial charge on any atom is 0.318 e. The lowest BCUT2D eigenvalue weighted by Gasteiger charge is -2.25. The van der Waals surface area contributed by atoms with Gasteiger partial charge in [-0.15, -0.1) is 0 Å². The van der Waals surface area contributed by atoms with E-state index in [2.05, 4.69) is 10.3 Å². The number of hydrogen-bond acceptors (Lipinski definition) is 3. The molecular weight excluding hydrogens is 292 g/mol. The van der Waals surface area contributed by atoms with Gasteiger partial charge in [-0.3, -0.25) is 0 Å². The summed E-state index contributed by atoms with van der Waals surface area (Å²) in [6, 6.07) is 7.17. The number of imidazole rings is 1. The first-order valence-corrected chi connectivity index (χ1v) is 7.77. The summed E-state index contributed by atoms with van der Waals surface area (Å²) in [5.74, 6) is 1.48. The predicted octanol–water partition coefficient (Wildman–Crippen LogP) is 2.57. The number of methoxy groups -OCH3 is 1. The lowest BCUT2D eigenvalue weighted by Crippen LogP contribution is -2.42. The first-order valence-electron chi connectivity index (χ1n) is 7.77. The summed E-state index contributed by atoms with van der Waals surface area (Å²) < 4.78 is 7.36. The molecule has 1 aromatic carbocycles. The van der Waals surface area contributed by atoms with E-state index in [0.29, 0.717) is 13.1 Å². The number of urea groups is 1. The molecule has 1 N–H and O–H groups in total. The number of benzene rings is 1. The number of rotatable bonds is 6. The maximum absolute atomic E-state index is 12.5. The largest absolute Gasteiger partial charge is 0.496 e. The summed E-state index contributed by atoms with van der Waals surface area (Å²) in [5.41, 5.74) is 0.879. The molecule has 124 valence electrons. The van der Waals surface area contributed by atoms with Crippen LogP contribution >= 0.6 is 0 Å². The zero-order valence-electron chi connectivity index (χ0n) is 14.1. The number of aryl methyl sites for hydroxylation is 1. The summed E-state index contributed by atoms with van der Waals surface area (Å²) in [5, 5.41) is 3.08. The van der Waals surface area contributed by atoms with Crippen molar-refractivity contribution in [1.29, 1.82) is 0 Å². The smallest absolute Gasteiger partial charge is 0.318 e. The van der Waals surface area contributed by atoms with Crippen molar-refractivity contribution in [3.05, 3.63) is 48.0 Å². The second-order valence-electron chi connectivity index (χ2n) is 5.19. The summed E-state index contributed by atoms with van der Waals surface area (Å²) in [6.07, 6.45) is 3.59. The highest BCUT2D eigenvalue weighted by Gasteiger charge is 2.25. The van der Waals surface area contributed by atoms with Gasteiger partial charge in [0.25, 0.3) is 0 Å². The van der Waals surface area contributed by atoms with Crippen molar-refractivity contribution >= 4 is 6.03 Å². The van der Waals surface area contributed by atoms with Crippen LogP contribution in [0.25, 0.3) is 0 Å². The highest BCUT2D eigenvalue weighted by atomic mass is 16.5. The molecule has 2 rings (SSSR count). The summed E-state index contributed by atoms with van der Waals surface area (Å²) in [4.78, 5) is 18.7. The molecule has 0 fully saturated rings. The number of carbonyl (C=O) groups excluding carboxylic acids is 1. The number of para-hydroxylation sites is 1. The predicted molar refractivity (Wildman–Crippen MR) is 89.5 cm³/mol. The van der Waals surface area contributed by atoms with Gasteiger partial charge in [-0.1, -0.05) is 18.2 Å².